The van der Waals surface area contributed by atoms with Gasteiger partial charge < -0.3 is 14.8 Å². The number of hydrogen-bond donors (Lipinski definition) is 1. The Bertz CT molecular complexity index is 525. The monoisotopic (exact) mass is 347 g/mol. The highest BCUT2D eigenvalue weighted by atomic mass is 35.5. The average Bonchev–Trinajstić information content (AvgIpc) is 2.79. The molecule has 3 nitrogen and oxygen atoms in total. The fourth-order valence-corrected chi connectivity index (χ4v) is 3.11. The Hall–Kier alpha value is -0.910. The maximum absolute atomic E-state index is 12.5. The third kappa shape index (κ3) is 5.03. The fraction of sp³-hybridized carbons (Fsp3) is 0.647. The summed E-state index contributed by atoms with van der Waals surface area (Å²) in [6.07, 6.45) is 2.16. The summed E-state index contributed by atoms with van der Waals surface area (Å²) < 4.78 is 35.4. The molecule has 0 aromatic heterocycles. The molecule has 130 valence electrons. The van der Waals surface area contributed by atoms with E-state index in [-0.39, 0.29) is 23.3 Å². The molecule has 1 aliphatic heterocycles. The summed E-state index contributed by atoms with van der Waals surface area (Å²) in [6.45, 7) is 5.00. The maximum atomic E-state index is 12.5. The first-order chi connectivity index (χ1) is 10.8. The molecule has 0 amide bonds. The zero-order chi connectivity index (χ0) is 17.0. The molecule has 6 heteroatoms. The molecule has 2 atom stereocenters. The van der Waals surface area contributed by atoms with Crippen molar-refractivity contribution >= 4 is 11.6 Å². The van der Waals surface area contributed by atoms with Crippen molar-refractivity contribution in [2.24, 2.45) is 5.41 Å². The van der Waals surface area contributed by atoms with Gasteiger partial charge in [-0.15, -0.1) is 0 Å². The van der Waals surface area contributed by atoms with Crippen LogP contribution in [0.3, 0.4) is 0 Å². The number of benzene rings is 1. The van der Waals surface area contributed by atoms with E-state index in [1.165, 1.54) is 6.07 Å². The molecule has 2 rings (SSSR count). The number of nitrogens with one attached hydrogen (secondary N) is 1. The van der Waals surface area contributed by atoms with Gasteiger partial charge in [-0.2, -0.15) is 8.78 Å². The minimum atomic E-state index is -2.85. The molecule has 1 aliphatic rings. The molecular formula is C17H24ClF2NO2. The quantitative estimate of drug-likeness (QED) is 0.768. The van der Waals surface area contributed by atoms with Crippen molar-refractivity contribution < 1.29 is 18.3 Å². The molecule has 1 heterocycles. The van der Waals surface area contributed by atoms with Gasteiger partial charge in [-0.1, -0.05) is 25.4 Å². The lowest BCUT2D eigenvalue weighted by molar-refractivity contribution is -0.0506. The van der Waals surface area contributed by atoms with Crippen molar-refractivity contribution in [2.75, 3.05) is 13.2 Å². The van der Waals surface area contributed by atoms with Crippen molar-refractivity contribution in [2.45, 2.75) is 52.4 Å². The lowest BCUT2D eigenvalue weighted by Gasteiger charge is -2.26. The Morgan fingerprint density at radius 1 is 1.43 bits per heavy atom. The van der Waals surface area contributed by atoms with Crippen molar-refractivity contribution in [1.82, 2.24) is 5.32 Å². The lowest BCUT2D eigenvalue weighted by atomic mass is 9.84. The molecule has 0 aliphatic carbocycles. The average molecular weight is 348 g/mol. The molecule has 2 unspecified atom stereocenters. The van der Waals surface area contributed by atoms with Crippen LogP contribution in [0.25, 0.3) is 0 Å². The molecule has 0 spiro atoms. The molecule has 1 N–H and O–H groups in total. The summed E-state index contributed by atoms with van der Waals surface area (Å²) in [6, 6.07) is 4.54. The number of ether oxygens (including phenoxy) is 2. The molecule has 1 aromatic rings. The van der Waals surface area contributed by atoms with Crippen molar-refractivity contribution in [3.05, 3.63) is 28.8 Å². The second-order valence-electron chi connectivity index (χ2n) is 6.62. The molecule has 1 aromatic carbocycles. The smallest absolute Gasteiger partial charge is 0.387 e. The maximum Gasteiger partial charge on any atom is 0.387 e. The first-order valence-corrected chi connectivity index (χ1v) is 8.26. The summed E-state index contributed by atoms with van der Waals surface area (Å²) >= 11 is 5.98. The van der Waals surface area contributed by atoms with E-state index in [1.54, 1.807) is 12.1 Å². The summed E-state index contributed by atoms with van der Waals surface area (Å²) in [7, 11) is 0. The van der Waals surface area contributed by atoms with E-state index < -0.39 is 6.61 Å². The molecule has 0 bridgehead atoms. The molecular weight excluding hydrogens is 324 g/mol. The van der Waals surface area contributed by atoms with Gasteiger partial charge in [0.25, 0.3) is 0 Å². The number of rotatable bonds is 7. The van der Waals surface area contributed by atoms with E-state index in [1.807, 2.05) is 6.92 Å². The van der Waals surface area contributed by atoms with Gasteiger partial charge in [0.1, 0.15) is 5.75 Å². The summed E-state index contributed by atoms with van der Waals surface area (Å²) in [5.74, 6) is 0.154. The van der Waals surface area contributed by atoms with Gasteiger partial charge in [-0.3, -0.25) is 0 Å². The Labute approximate surface area is 141 Å². The Morgan fingerprint density at radius 2 is 2.17 bits per heavy atom. The largest absolute Gasteiger partial charge is 0.434 e. The minimum Gasteiger partial charge on any atom is -0.434 e. The van der Waals surface area contributed by atoms with Gasteiger partial charge in [0, 0.05) is 23.2 Å². The second kappa shape index (κ2) is 7.77. The van der Waals surface area contributed by atoms with Crippen LogP contribution in [0.15, 0.2) is 18.2 Å². The standard InChI is InChI=1S/C17H24ClF2NO2/c1-11(21-8-6-15-17(2,3)7-9-22-15)13-10-12(18)4-5-14(13)23-16(19)20/h4-5,10-11,15-16,21H,6-9H2,1-3H3. The highest BCUT2D eigenvalue weighted by molar-refractivity contribution is 6.30. The van der Waals surface area contributed by atoms with Crippen LogP contribution in [0.1, 0.15) is 45.2 Å². The normalized spacial score (nSPS) is 21.6. The topological polar surface area (TPSA) is 30.5 Å². The predicted molar refractivity (Wildman–Crippen MR) is 87.3 cm³/mol. The predicted octanol–water partition coefficient (Wildman–Crippen LogP) is 4.80. The molecule has 1 fully saturated rings. The van der Waals surface area contributed by atoms with Gasteiger partial charge in [0.05, 0.1) is 6.10 Å². The number of halogens is 3. The van der Waals surface area contributed by atoms with E-state index in [9.17, 15) is 8.78 Å². The van der Waals surface area contributed by atoms with Gasteiger partial charge in [-0.25, -0.2) is 0 Å². The van der Waals surface area contributed by atoms with Crippen molar-refractivity contribution in [3.63, 3.8) is 0 Å². The van der Waals surface area contributed by atoms with Crippen LogP contribution >= 0.6 is 11.6 Å². The van der Waals surface area contributed by atoms with E-state index >= 15 is 0 Å². The molecule has 0 saturated carbocycles. The Kier molecular flexibility index (Phi) is 6.23. The summed E-state index contributed by atoms with van der Waals surface area (Å²) in [4.78, 5) is 0. The van der Waals surface area contributed by atoms with Crippen LogP contribution in [0, 0.1) is 5.41 Å². The third-order valence-electron chi connectivity index (χ3n) is 4.45. The van der Waals surface area contributed by atoms with Gasteiger partial charge in [0.15, 0.2) is 0 Å². The van der Waals surface area contributed by atoms with E-state index in [0.717, 1.165) is 26.0 Å². The van der Waals surface area contributed by atoms with Crippen LogP contribution in [-0.2, 0) is 4.74 Å². The van der Waals surface area contributed by atoms with E-state index in [2.05, 4.69) is 23.9 Å². The Balaban J connectivity index is 1.95. The van der Waals surface area contributed by atoms with E-state index in [4.69, 9.17) is 16.3 Å². The zero-order valence-electron chi connectivity index (χ0n) is 13.7. The van der Waals surface area contributed by atoms with Crippen molar-refractivity contribution in [1.29, 1.82) is 0 Å². The van der Waals surface area contributed by atoms with Crippen molar-refractivity contribution in [3.8, 4) is 5.75 Å². The fourth-order valence-electron chi connectivity index (χ4n) is 2.93. The van der Waals surface area contributed by atoms with Gasteiger partial charge in [0.2, 0.25) is 0 Å². The third-order valence-corrected chi connectivity index (χ3v) is 4.68. The minimum absolute atomic E-state index is 0.146. The first kappa shape index (κ1) is 18.4. The number of hydrogen-bond acceptors (Lipinski definition) is 3. The molecule has 1 saturated heterocycles. The highest BCUT2D eigenvalue weighted by Gasteiger charge is 2.35. The van der Waals surface area contributed by atoms with Gasteiger partial charge in [-0.05, 0) is 49.9 Å². The second-order valence-corrected chi connectivity index (χ2v) is 7.06. The lowest BCUT2D eigenvalue weighted by Crippen LogP contribution is -2.30. The SMILES string of the molecule is CC(NCCC1OCCC1(C)C)c1cc(Cl)ccc1OC(F)F. The highest BCUT2D eigenvalue weighted by Crippen LogP contribution is 2.35. The van der Waals surface area contributed by atoms with Crippen LogP contribution in [0.2, 0.25) is 5.02 Å². The Morgan fingerprint density at radius 3 is 2.78 bits per heavy atom. The molecule has 0 radical (unpaired) electrons. The van der Waals surface area contributed by atoms with Crippen LogP contribution < -0.4 is 10.1 Å². The van der Waals surface area contributed by atoms with Crippen LogP contribution in [0.4, 0.5) is 8.78 Å². The summed E-state index contributed by atoms with van der Waals surface area (Å²) in [5, 5.41) is 3.84. The van der Waals surface area contributed by atoms with E-state index in [0.29, 0.717) is 10.6 Å². The van der Waals surface area contributed by atoms with Crippen LogP contribution in [-0.4, -0.2) is 25.9 Å². The van der Waals surface area contributed by atoms with Gasteiger partial charge >= 0.3 is 6.61 Å². The number of alkyl halides is 2. The molecule has 23 heavy (non-hydrogen) atoms. The first-order valence-electron chi connectivity index (χ1n) is 7.89. The van der Waals surface area contributed by atoms with Crippen LogP contribution in [0.5, 0.6) is 5.75 Å². The summed E-state index contributed by atoms with van der Waals surface area (Å²) in [5.41, 5.74) is 0.815. The zero-order valence-corrected chi connectivity index (χ0v) is 14.5.